The third-order valence-electron chi connectivity index (χ3n) is 4.66. The molecule has 0 aliphatic carbocycles. The maximum absolute atomic E-state index is 12.9. The quantitative estimate of drug-likeness (QED) is 0.765. The molecule has 0 bridgehead atoms. The molecule has 6 heteroatoms. The Morgan fingerprint density at radius 3 is 2.68 bits per heavy atom. The molecule has 0 saturated carbocycles. The zero-order valence-electron chi connectivity index (χ0n) is 15.2. The van der Waals surface area contributed by atoms with Crippen molar-refractivity contribution in [2.24, 2.45) is 5.92 Å². The number of carbonyl (C=O) groups excluding carboxylic acids is 1. The predicted molar refractivity (Wildman–Crippen MR) is 94.3 cm³/mol. The molecule has 1 aromatic rings. The number of carboxylic acid groups (broad SMARTS) is 1. The second-order valence-electron chi connectivity index (χ2n) is 6.49. The molecule has 1 aromatic carbocycles. The van der Waals surface area contributed by atoms with E-state index in [1.165, 1.54) is 0 Å². The van der Waals surface area contributed by atoms with E-state index in [2.05, 4.69) is 6.92 Å². The number of nitrogens with zero attached hydrogens (tertiary/aromatic N) is 1. The molecule has 0 spiro atoms. The fourth-order valence-corrected chi connectivity index (χ4v) is 3.00. The molecule has 1 aliphatic rings. The molecule has 1 aliphatic heterocycles. The Morgan fingerprint density at radius 2 is 2.04 bits per heavy atom. The van der Waals surface area contributed by atoms with Crippen LogP contribution in [0.3, 0.4) is 0 Å². The van der Waals surface area contributed by atoms with Gasteiger partial charge in [0.15, 0.2) is 11.5 Å². The number of aliphatic carboxylic acids is 1. The smallest absolute Gasteiger partial charge is 0.308 e. The van der Waals surface area contributed by atoms with Crippen LogP contribution < -0.4 is 9.47 Å². The van der Waals surface area contributed by atoms with Crippen LogP contribution in [0.4, 0.5) is 0 Å². The van der Waals surface area contributed by atoms with Crippen molar-refractivity contribution in [3.8, 4) is 11.5 Å². The molecular weight excluding hydrogens is 322 g/mol. The summed E-state index contributed by atoms with van der Waals surface area (Å²) < 4.78 is 11.0. The number of rotatable bonds is 7. The Hall–Kier alpha value is -2.24. The number of benzene rings is 1. The molecule has 1 amide bonds. The molecule has 6 nitrogen and oxygen atoms in total. The van der Waals surface area contributed by atoms with E-state index >= 15 is 0 Å². The molecule has 138 valence electrons. The van der Waals surface area contributed by atoms with Crippen LogP contribution >= 0.6 is 0 Å². The maximum atomic E-state index is 12.9. The normalized spacial score (nSPS) is 20.2. The first kappa shape index (κ1) is 19.1. The molecular formula is C19H27NO5. The molecule has 1 heterocycles. The Labute approximate surface area is 148 Å². The van der Waals surface area contributed by atoms with E-state index in [9.17, 15) is 14.7 Å². The van der Waals surface area contributed by atoms with Gasteiger partial charge in [0.1, 0.15) is 0 Å². The van der Waals surface area contributed by atoms with Crippen molar-refractivity contribution in [2.45, 2.75) is 45.6 Å². The van der Waals surface area contributed by atoms with Gasteiger partial charge in [-0.3, -0.25) is 9.59 Å². The Balaban J connectivity index is 2.16. The second-order valence-corrected chi connectivity index (χ2v) is 6.49. The first-order valence-corrected chi connectivity index (χ1v) is 8.82. The topological polar surface area (TPSA) is 76.1 Å². The molecule has 2 rings (SSSR count). The summed E-state index contributed by atoms with van der Waals surface area (Å²) in [5, 5.41) is 9.24. The maximum Gasteiger partial charge on any atom is 0.308 e. The van der Waals surface area contributed by atoms with Crippen molar-refractivity contribution >= 4 is 11.9 Å². The van der Waals surface area contributed by atoms with E-state index in [0.717, 1.165) is 12.8 Å². The van der Waals surface area contributed by atoms with Gasteiger partial charge in [-0.25, -0.2) is 0 Å². The van der Waals surface area contributed by atoms with Crippen LogP contribution in [-0.2, 0) is 4.79 Å². The van der Waals surface area contributed by atoms with Crippen LogP contribution in [0, 0.1) is 5.92 Å². The van der Waals surface area contributed by atoms with Gasteiger partial charge in [0.25, 0.3) is 5.91 Å². The summed E-state index contributed by atoms with van der Waals surface area (Å²) in [5.41, 5.74) is 0.484. The first-order chi connectivity index (χ1) is 12.0. The van der Waals surface area contributed by atoms with Gasteiger partial charge in [-0.15, -0.1) is 0 Å². The molecule has 1 saturated heterocycles. The molecule has 2 atom stereocenters. The summed E-state index contributed by atoms with van der Waals surface area (Å²) in [6.45, 7) is 4.89. The number of hydrogen-bond donors (Lipinski definition) is 1. The second kappa shape index (κ2) is 8.74. The summed E-state index contributed by atoms with van der Waals surface area (Å²) in [6.07, 6.45) is 3.29. The fourth-order valence-electron chi connectivity index (χ4n) is 3.00. The molecule has 0 aromatic heterocycles. The minimum Gasteiger partial charge on any atom is -0.493 e. The van der Waals surface area contributed by atoms with Gasteiger partial charge in [0.2, 0.25) is 0 Å². The van der Waals surface area contributed by atoms with Crippen molar-refractivity contribution in [3.63, 3.8) is 0 Å². The molecule has 25 heavy (non-hydrogen) atoms. The van der Waals surface area contributed by atoms with Crippen LogP contribution in [-0.4, -0.2) is 48.2 Å². The highest BCUT2D eigenvalue weighted by Gasteiger charge is 2.33. The lowest BCUT2D eigenvalue weighted by molar-refractivity contribution is -0.143. The Morgan fingerprint density at radius 1 is 1.28 bits per heavy atom. The number of amides is 1. The van der Waals surface area contributed by atoms with Crippen molar-refractivity contribution in [1.29, 1.82) is 0 Å². The lowest BCUT2D eigenvalue weighted by Gasteiger charge is -2.36. The molecule has 0 radical (unpaired) electrons. The fraction of sp³-hybridized carbons (Fsp3) is 0.579. The third-order valence-corrected chi connectivity index (χ3v) is 4.66. The van der Waals surface area contributed by atoms with Crippen molar-refractivity contribution < 1.29 is 24.2 Å². The number of hydrogen-bond acceptors (Lipinski definition) is 4. The number of carbonyl (C=O) groups is 2. The van der Waals surface area contributed by atoms with Gasteiger partial charge in [-0.05, 0) is 44.4 Å². The largest absolute Gasteiger partial charge is 0.493 e. The average molecular weight is 349 g/mol. The van der Waals surface area contributed by atoms with E-state index in [4.69, 9.17) is 9.47 Å². The zero-order valence-corrected chi connectivity index (χ0v) is 15.2. The van der Waals surface area contributed by atoms with E-state index in [0.29, 0.717) is 36.5 Å². The van der Waals surface area contributed by atoms with Crippen molar-refractivity contribution in [3.05, 3.63) is 23.8 Å². The molecule has 1 fully saturated rings. The Bertz CT molecular complexity index is 616. The summed E-state index contributed by atoms with van der Waals surface area (Å²) in [7, 11) is 1.54. The van der Waals surface area contributed by atoms with Crippen molar-refractivity contribution in [1.82, 2.24) is 4.90 Å². The summed E-state index contributed by atoms with van der Waals surface area (Å²) in [6, 6.07) is 5.14. The van der Waals surface area contributed by atoms with Gasteiger partial charge in [-0.1, -0.05) is 13.3 Å². The lowest BCUT2D eigenvalue weighted by Crippen LogP contribution is -2.47. The Kier molecular flexibility index (Phi) is 6.67. The first-order valence-electron chi connectivity index (χ1n) is 8.82. The van der Waals surface area contributed by atoms with E-state index in [1.54, 1.807) is 30.2 Å². The highest BCUT2D eigenvalue weighted by molar-refractivity contribution is 5.95. The third kappa shape index (κ3) is 4.65. The van der Waals surface area contributed by atoms with Crippen LogP contribution in [0.5, 0.6) is 11.5 Å². The minimum atomic E-state index is -0.845. The highest BCUT2D eigenvalue weighted by Crippen LogP contribution is 2.30. The molecule has 2 unspecified atom stereocenters. The number of carboxylic acids is 1. The number of ether oxygens (including phenoxy) is 2. The van der Waals surface area contributed by atoms with Crippen LogP contribution in [0.2, 0.25) is 0 Å². The van der Waals surface area contributed by atoms with Gasteiger partial charge < -0.3 is 19.5 Å². The van der Waals surface area contributed by atoms with Crippen LogP contribution in [0.25, 0.3) is 0 Å². The van der Waals surface area contributed by atoms with Gasteiger partial charge in [-0.2, -0.15) is 0 Å². The van der Waals surface area contributed by atoms with Gasteiger partial charge >= 0.3 is 5.97 Å². The zero-order chi connectivity index (χ0) is 18.4. The number of methoxy groups -OCH3 is 1. The van der Waals surface area contributed by atoms with Crippen LogP contribution in [0.15, 0.2) is 18.2 Å². The van der Waals surface area contributed by atoms with E-state index in [-0.39, 0.29) is 18.5 Å². The summed E-state index contributed by atoms with van der Waals surface area (Å²) in [4.78, 5) is 25.8. The average Bonchev–Trinajstić information content (AvgIpc) is 2.61. The molecule has 1 N–H and O–H groups in total. The van der Waals surface area contributed by atoms with Gasteiger partial charge in [0, 0.05) is 18.2 Å². The van der Waals surface area contributed by atoms with Crippen molar-refractivity contribution in [2.75, 3.05) is 20.3 Å². The van der Waals surface area contributed by atoms with E-state index in [1.807, 2.05) is 6.92 Å². The van der Waals surface area contributed by atoms with Crippen LogP contribution in [0.1, 0.15) is 49.9 Å². The monoisotopic (exact) mass is 349 g/mol. The lowest BCUT2D eigenvalue weighted by atomic mass is 9.93. The number of unbranched alkanes of at least 4 members (excludes halogenated alkanes) is 1. The van der Waals surface area contributed by atoms with Gasteiger partial charge in [0.05, 0.1) is 19.6 Å². The number of piperidine rings is 1. The highest BCUT2D eigenvalue weighted by atomic mass is 16.5. The van der Waals surface area contributed by atoms with E-state index < -0.39 is 11.9 Å². The minimum absolute atomic E-state index is 0.0228. The summed E-state index contributed by atoms with van der Waals surface area (Å²) in [5.74, 6) is -0.387. The standard InChI is InChI=1S/C19H27NO5/c1-4-5-10-25-16-9-8-14(11-17(16)24-3)18(21)20-12-15(19(22)23)7-6-13(20)2/h8-9,11,13,15H,4-7,10,12H2,1-3H3,(H,22,23). The summed E-state index contributed by atoms with van der Waals surface area (Å²) >= 11 is 0. The predicted octanol–water partition coefficient (Wildman–Crippen LogP) is 3.20. The number of likely N-dealkylation sites (tertiary alicyclic amines) is 1. The SMILES string of the molecule is CCCCOc1ccc(C(=O)N2CC(C(=O)O)CCC2C)cc1OC.